The molecule has 0 radical (unpaired) electrons. The molecule has 23 heavy (non-hydrogen) atoms. The van der Waals surface area contributed by atoms with Gasteiger partial charge in [-0.3, -0.25) is 4.79 Å². The molecule has 2 saturated heterocycles. The number of nitrogens with zero attached hydrogens (tertiary/aromatic N) is 1. The van der Waals surface area contributed by atoms with Crippen molar-refractivity contribution in [2.24, 2.45) is 11.8 Å². The smallest absolute Gasteiger partial charge is 0.254 e. The van der Waals surface area contributed by atoms with E-state index >= 15 is 0 Å². The molecule has 1 N–H and O–H groups in total. The van der Waals surface area contributed by atoms with E-state index in [1.54, 1.807) is 19.2 Å². The summed E-state index contributed by atoms with van der Waals surface area (Å²) in [5.74, 6) is 2.18. The summed E-state index contributed by atoms with van der Waals surface area (Å²) in [5, 5.41) is 3.80. The van der Waals surface area contributed by atoms with Gasteiger partial charge in [-0.1, -0.05) is 18.5 Å². The van der Waals surface area contributed by atoms with E-state index in [0.717, 1.165) is 32.6 Å². The van der Waals surface area contributed by atoms with Gasteiger partial charge in [0, 0.05) is 31.7 Å². The summed E-state index contributed by atoms with van der Waals surface area (Å²) < 4.78 is 11.0. The zero-order valence-corrected chi connectivity index (χ0v) is 14.4. The first-order valence-corrected chi connectivity index (χ1v) is 8.52. The molecule has 2 heterocycles. The van der Waals surface area contributed by atoms with Crippen LogP contribution >= 0.6 is 11.6 Å². The highest BCUT2D eigenvalue weighted by Crippen LogP contribution is 2.37. The Morgan fingerprint density at radius 2 is 2.04 bits per heavy atom. The lowest BCUT2D eigenvalue weighted by Gasteiger charge is -2.19. The first kappa shape index (κ1) is 16.4. The average Bonchev–Trinajstić information content (AvgIpc) is 3.13. The zero-order chi connectivity index (χ0) is 16.4. The Hall–Kier alpha value is -1.46. The Labute approximate surface area is 141 Å². The summed E-state index contributed by atoms with van der Waals surface area (Å²) in [4.78, 5) is 14.7. The van der Waals surface area contributed by atoms with Crippen molar-refractivity contribution < 1.29 is 14.3 Å². The number of halogens is 1. The molecule has 0 saturated carbocycles. The average molecular weight is 339 g/mol. The van der Waals surface area contributed by atoms with Gasteiger partial charge in [0.25, 0.3) is 5.91 Å². The maximum absolute atomic E-state index is 12.8. The van der Waals surface area contributed by atoms with Crippen LogP contribution in [0.5, 0.6) is 11.5 Å². The molecule has 126 valence electrons. The van der Waals surface area contributed by atoms with E-state index in [2.05, 4.69) is 5.32 Å². The van der Waals surface area contributed by atoms with E-state index in [0.29, 0.717) is 40.5 Å². The summed E-state index contributed by atoms with van der Waals surface area (Å²) in [6.45, 7) is 6.21. The number of rotatable bonds is 5. The number of methoxy groups -OCH3 is 1. The van der Waals surface area contributed by atoms with Gasteiger partial charge in [0.1, 0.15) is 0 Å². The van der Waals surface area contributed by atoms with Gasteiger partial charge in [-0.2, -0.15) is 0 Å². The topological polar surface area (TPSA) is 50.8 Å². The number of ether oxygens (including phenoxy) is 2. The molecular weight excluding hydrogens is 316 g/mol. The van der Waals surface area contributed by atoms with Crippen LogP contribution in [0.1, 0.15) is 23.7 Å². The molecule has 0 unspecified atom stereocenters. The molecule has 0 aliphatic carbocycles. The normalized spacial score (nSPS) is 23.0. The van der Waals surface area contributed by atoms with Crippen LogP contribution in [-0.2, 0) is 0 Å². The number of benzene rings is 1. The number of likely N-dealkylation sites (tertiary alicyclic amines) is 1. The third-order valence-corrected chi connectivity index (χ3v) is 4.88. The first-order valence-electron chi connectivity index (χ1n) is 8.14. The van der Waals surface area contributed by atoms with Crippen molar-refractivity contribution in [3.63, 3.8) is 0 Å². The predicted octanol–water partition coefficient (Wildman–Crippen LogP) is 2.43. The highest BCUT2D eigenvalue weighted by Gasteiger charge is 2.38. The molecule has 2 fully saturated rings. The second-order valence-electron chi connectivity index (χ2n) is 6.23. The standard InChI is InChI=1S/C17H23ClN2O3/c1-3-4-23-16-14(18)5-11(6-15(16)22-2)17(21)20-9-12-7-19-8-13(12)10-20/h5-6,12-13,19H,3-4,7-10H2,1-2H3/t12-,13+. The Bertz CT molecular complexity index is 581. The van der Waals surface area contributed by atoms with E-state index in [-0.39, 0.29) is 5.91 Å². The van der Waals surface area contributed by atoms with Gasteiger partial charge in [-0.05, 0) is 30.4 Å². The van der Waals surface area contributed by atoms with E-state index in [1.807, 2.05) is 11.8 Å². The van der Waals surface area contributed by atoms with Gasteiger partial charge in [0.05, 0.1) is 18.7 Å². The molecule has 1 aromatic rings. The fourth-order valence-electron chi connectivity index (χ4n) is 3.39. The fourth-order valence-corrected chi connectivity index (χ4v) is 3.66. The van der Waals surface area contributed by atoms with E-state index in [1.165, 1.54) is 0 Å². The summed E-state index contributed by atoms with van der Waals surface area (Å²) >= 11 is 6.31. The maximum Gasteiger partial charge on any atom is 0.254 e. The molecule has 0 spiro atoms. The van der Waals surface area contributed by atoms with Crippen molar-refractivity contribution in [2.45, 2.75) is 13.3 Å². The van der Waals surface area contributed by atoms with Crippen molar-refractivity contribution in [1.29, 1.82) is 0 Å². The highest BCUT2D eigenvalue weighted by molar-refractivity contribution is 6.32. The minimum absolute atomic E-state index is 0.0154. The SMILES string of the molecule is CCCOc1c(Cl)cc(C(=O)N2C[C@H]3CNC[C@H]3C2)cc1OC. The van der Waals surface area contributed by atoms with Gasteiger partial charge in [0.15, 0.2) is 11.5 Å². The van der Waals surface area contributed by atoms with Crippen molar-refractivity contribution in [3.8, 4) is 11.5 Å². The van der Waals surface area contributed by atoms with E-state index in [9.17, 15) is 4.79 Å². The van der Waals surface area contributed by atoms with E-state index in [4.69, 9.17) is 21.1 Å². The molecule has 3 rings (SSSR count). The minimum atomic E-state index is 0.0154. The highest BCUT2D eigenvalue weighted by atomic mass is 35.5. The Kier molecular flexibility index (Phi) is 4.97. The Morgan fingerprint density at radius 3 is 2.65 bits per heavy atom. The second kappa shape index (κ2) is 6.97. The summed E-state index contributed by atoms with van der Waals surface area (Å²) in [7, 11) is 1.56. The largest absolute Gasteiger partial charge is 0.493 e. The number of carbonyl (C=O) groups is 1. The second-order valence-corrected chi connectivity index (χ2v) is 6.63. The molecule has 0 aromatic heterocycles. The number of nitrogens with one attached hydrogen (secondary N) is 1. The lowest BCUT2D eigenvalue weighted by atomic mass is 10.0. The van der Waals surface area contributed by atoms with Gasteiger partial charge in [0.2, 0.25) is 0 Å². The van der Waals surface area contributed by atoms with Gasteiger partial charge in [-0.25, -0.2) is 0 Å². The number of carbonyl (C=O) groups excluding carboxylic acids is 1. The zero-order valence-electron chi connectivity index (χ0n) is 13.6. The molecule has 0 bridgehead atoms. The van der Waals surface area contributed by atoms with Gasteiger partial charge >= 0.3 is 0 Å². The number of fused-ring (bicyclic) bond motifs is 1. The molecule has 2 atom stereocenters. The summed E-state index contributed by atoms with van der Waals surface area (Å²) in [5.41, 5.74) is 0.559. The monoisotopic (exact) mass is 338 g/mol. The molecule has 1 amide bonds. The summed E-state index contributed by atoms with van der Waals surface area (Å²) in [6, 6.07) is 3.41. The van der Waals surface area contributed by atoms with Gasteiger partial charge in [-0.15, -0.1) is 0 Å². The molecule has 2 aliphatic heterocycles. The van der Waals surface area contributed by atoms with Crippen molar-refractivity contribution >= 4 is 17.5 Å². The lowest BCUT2D eigenvalue weighted by molar-refractivity contribution is 0.0781. The predicted molar refractivity (Wildman–Crippen MR) is 89.5 cm³/mol. The summed E-state index contributed by atoms with van der Waals surface area (Å²) in [6.07, 6.45) is 0.880. The number of amides is 1. The van der Waals surface area contributed by atoms with Crippen LogP contribution in [0.2, 0.25) is 5.02 Å². The van der Waals surface area contributed by atoms with Crippen LogP contribution < -0.4 is 14.8 Å². The number of hydrogen-bond acceptors (Lipinski definition) is 4. The Balaban J connectivity index is 1.79. The fraction of sp³-hybridized carbons (Fsp3) is 0.588. The first-order chi connectivity index (χ1) is 11.1. The third kappa shape index (κ3) is 3.26. The molecule has 5 nitrogen and oxygen atoms in total. The van der Waals surface area contributed by atoms with Crippen LogP contribution in [0, 0.1) is 11.8 Å². The van der Waals surface area contributed by atoms with Crippen LogP contribution in [0.3, 0.4) is 0 Å². The van der Waals surface area contributed by atoms with Crippen LogP contribution in [0.4, 0.5) is 0 Å². The van der Waals surface area contributed by atoms with Crippen LogP contribution in [0.15, 0.2) is 12.1 Å². The Morgan fingerprint density at radius 1 is 1.35 bits per heavy atom. The molecule has 1 aromatic carbocycles. The minimum Gasteiger partial charge on any atom is -0.493 e. The quantitative estimate of drug-likeness (QED) is 0.896. The van der Waals surface area contributed by atoms with Crippen LogP contribution in [-0.4, -0.2) is 50.7 Å². The van der Waals surface area contributed by atoms with Gasteiger partial charge < -0.3 is 19.7 Å². The lowest BCUT2D eigenvalue weighted by Crippen LogP contribution is -2.31. The van der Waals surface area contributed by atoms with E-state index < -0.39 is 0 Å². The van der Waals surface area contributed by atoms with Crippen molar-refractivity contribution in [1.82, 2.24) is 10.2 Å². The molecule has 2 aliphatic rings. The van der Waals surface area contributed by atoms with Crippen molar-refractivity contribution in [2.75, 3.05) is 39.9 Å². The molecule has 6 heteroatoms. The molecular formula is C17H23ClN2O3. The number of hydrogen-bond donors (Lipinski definition) is 1. The third-order valence-electron chi connectivity index (χ3n) is 4.60. The van der Waals surface area contributed by atoms with Crippen LogP contribution in [0.25, 0.3) is 0 Å². The maximum atomic E-state index is 12.8. The van der Waals surface area contributed by atoms with Crippen molar-refractivity contribution in [3.05, 3.63) is 22.7 Å².